The molecule has 1 amide bonds. The first-order chi connectivity index (χ1) is 9.42. The number of hydrogen-bond acceptors (Lipinski definition) is 6. The van der Waals surface area contributed by atoms with E-state index in [2.05, 4.69) is 10.3 Å². The van der Waals surface area contributed by atoms with Gasteiger partial charge in [0.05, 0.1) is 24.9 Å². The lowest BCUT2D eigenvalue weighted by Crippen LogP contribution is -2.44. The molecule has 2 heterocycles. The molecule has 0 radical (unpaired) electrons. The monoisotopic (exact) mass is 283 g/mol. The zero-order chi connectivity index (χ0) is 14.8. The van der Waals surface area contributed by atoms with Crippen LogP contribution in [0.15, 0.2) is 6.20 Å². The summed E-state index contributed by atoms with van der Waals surface area (Å²) in [4.78, 5) is 15.7. The molecule has 20 heavy (non-hydrogen) atoms. The van der Waals surface area contributed by atoms with Gasteiger partial charge in [-0.05, 0) is 20.5 Å². The number of aliphatic hydroxyl groups is 2. The van der Waals surface area contributed by atoms with Crippen LogP contribution in [0.1, 0.15) is 12.1 Å². The zero-order valence-corrected chi connectivity index (χ0v) is 11.9. The summed E-state index contributed by atoms with van der Waals surface area (Å²) in [6, 6.07) is 0. The zero-order valence-electron chi connectivity index (χ0n) is 11.9. The number of carbonyl (C=O) groups is 1. The highest BCUT2D eigenvalue weighted by Gasteiger charge is 2.38. The standard InChI is InChI=1S/C12H21N5O3/c1-15(2)8-12(20)3-4-16(9-12)11(19)6-17-5-10(7-18)13-14-17/h5,18,20H,3-4,6-9H2,1-2H3. The summed E-state index contributed by atoms with van der Waals surface area (Å²) < 4.78 is 1.40. The summed E-state index contributed by atoms with van der Waals surface area (Å²) in [6.07, 6.45) is 2.12. The highest BCUT2D eigenvalue weighted by molar-refractivity contribution is 5.76. The predicted molar refractivity (Wildman–Crippen MR) is 70.6 cm³/mol. The van der Waals surface area contributed by atoms with E-state index in [1.165, 1.54) is 4.68 Å². The molecule has 8 heteroatoms. The van der Waals surface area contributed by atoms with Gasteiger partial charge in [0, 0.05) is 13.1 Å². The lowest BCUT2D eigenvalue weighted by molar-refractivity contribution is -0.132. The van der Waals surface area contributed by atoms with Crippen molar-refractivity contribution in [3.05, 3.63) is 11.9 Å². The average molecular weight is 283 g/mol. The minimum absolute atomic E-state index is 0.0744. The molecule has 1 aliphatic heterocycles. The van der Waals surface area contributed by atoms with Crippen LogP contribution in [0.25, 0.3) is 0 Å². The van der Waals surface area contributed by atoms with Crippen LogP contribution in [-0.4, -0.2) is 80.2 Å². The van der Waals surface area contributed by atoms with Crippen molar-refractivity contribution in [2.24, 2.45) is 0 Å². The van der Waals surface area contributed by atoms with Crippen LogP contribution in [0.5, 0.6) is 0 Å². The van der Waals surface area contributed by atoms with Crippen LogP contribution in [-0.2, 0) is 17.9 Å². The molecule has 1 atom stereocenters. The van der Waals surface area contributed by atoms with Crippen molar-refractivity contribution in [2.45, 2.75) is 25.2 Å². The first kappa shape index (κ1) is 14.9. The summed E-state index contributed by atoms with van der Waals surface area (Å²) in [6.45, 7) is 1.30. The van der Waals surface area contributed by atoms with Crippen molar-refractivity contribution in [3.63, 3.8) is 0 Å². The molecule has 0 bridgehead atoms. The largest absolute Gasteiger partial charge is 0.390 e. The predicted octanol–water partition coefficient (Wildman–Crippen LogP) is -1.70. The molecule has 2 rings (SSSR count). The Hall–Kier alpha value is -1.51. The van der Waals surface area contributed by atoms with Crippen molar-refractivity contribution in [3.8, 4) is 0 Å². The number of amides is 1. The SMILES string of the molecule is CN(C)CC1(O)CCN(C(=O)Cn2cc(CO)nn2)C1. The molecule has 1 aliphatic rings. The van der Waals surface area contributed by atoms with E-state index in [0.717, 1.165) is 0 Å². The van der Waals surface area contributed by atoms with Crippen molar-refractivity contribution < 1.29 is 15.0 Å². The topological polar surface area (TPSA) is 94.7 Å². The van der Waals surface area contributed by atoms with Gasteiger partial charge in [0.1, 0.15) is 12.2 Å². The smallest absolute Gasteiger partial charge is 0.244 e. The quantitative estimate of drug-likeness (QED) is 0.668. The van der Waals surface area contributed by atoms with E-state index < -0.39 is 5.60 Å². The highest BCUT2D eigenvalue weighted by Crippen LogP contribution is 2.22. The fraction of sp³-hybridized carbons (Fsp3) is 0.750. The fourth-order valence-corrected chi connectivity index (χ4v) is 2.51. The van der Waals surface area contributed by atoms with Gasteiger partial charge in [-0.15, -0.1) is 5.10 Å². The van der Waals surface area contributed by atoms with Gasteiger partial charge in [-0.25, -0.2) is 4.68 Å². The molecule has 1 unspecified atom stereocenters. The number of β-amino-alcohol motifs (C(OH)–C–C–N with tert-alkyl or cyclic N) is 1. The maximum absolute atomic E-state index is 12.1. The molecular weight excluding hydrogens is 262 g/mol. The third-order valence-corrected chi connectivity index (χ3v) is 3.34. The Kier molecular flexibility index (Phi) is 4.36. The van der Waals surface area contributed by atoms with Crippen molar-refractivity contribution in [1.82, 2.24) is 24.8 Å². The van der Waals surface area contributed by atoms with E-state index in [1.807, 2.05) is 19.0 Å². The van der Waals surface area contributed by atoms with Crippen molar-refractivity contribution in [1.29, 1.82) is 0 Å². The van der Waals surface area contributed by atoms with E-state index in [4.69, 9.17) is 5.11 Å². The van der Waals surface area contributed by atoms with Gasteiger partial charge in [-0.2, -0.15) is 0 Å². The number of likely N-dealkylation sites (tertiary alicyclic amines) is 1. The van der Waals surface area contributed by atoms with Crippen LogP contribution in [0.3, 0.4) is 0 Å². The number of carbonyl (C=O) groups excluding carboxylic acids is 1. The van der Waals surface area contributed by atoms with E-state index in [9.17, 15) is 9.90 Å². The van der Waals surface area contributed by atoms with E-state index in [0.29, 0.717) is 31.7 Å². The van der Waals surface area contributed by atoms with Crippen LogP contribution in [0.2, 0.25) is 0 Å². The summed E-state index contributed by atoms with van der Waals surface area (Å²) in [7, 11) is 3.79. The van der Waals surface area contributed by atoms with Gasteiger partial charge in [0.2, 0.25) is 5.91 Å². The minimum atomic E-state index is -0.836. The molecule has 1 fully saturated rings. The third kappa shape index (κ3) is 3.53. The van der Waals surface area contributed by atoms with Gasteiger partial charge in [0.15, 0.2) is 0 Å². The van der Waals surface area contributed by atoms with Gasteiger partial charge in [-0.1, -0.05) is 5.21 Å². The lowest BCUT2D eigenvalue weighted by Gasteiger charge is -2.26. The molecule has 0 aliphatic carbocycles. The summed E-state index contributed by atoms with van der Waals surface area (Å²) in [5.74, 6) is -0.103. The Balaban J connectivity index is 1.91. The van der Waals surface area contributed by atoms with Crippen molar-refractivity contribution in [2.75, 3.05) is 33.7 Å². The van der Waals surface area contributed by atoms with E-state index in [-0.39, 0.29) is 19.1 Å². The molecule has 1 saturated heterocycles. The average Bonchev–Trinajstić information content (AvgIpc) is 2.95. The molecule has 2 N–H and O–H groups in total. The van der Waals surface area contributed by atoms with Crippen LogP contribution >= 0.6 is 0 Å². The molecule has 112 valence electrons. The van der Waals surface area contributed by atoms with Crippen LogP contribution in [0.4, 0.5) is 0 Å². The molecule has 1 aromatic rings. The molecule has 8 nitrogen and oxygen atoms in total. The molecule has 0 aromatic carbocycles. The van der Waals surface area contributed by atoms with Gasteiger partial charge in [0.25, 0.3) is 0 Å². The van der Waals surface area contributed by atoms with Crippen molar-refractivity contribution >= 4 is 5.91 Å². The van der Waals surface area contributed by atoms with Crippen LogP contribution in [0, 0.1) is 0 Å². The maximum atomic E-state index is 12.1. The summed E-state index contributed by atoms with van der Waals surface area (Å²) in [5, 5.41) is 26.8. The highest BCUT2D eigenvalue weighted by atomic mass is 16.3. The number of likely N-dealkylation sites (N-methyl/N-ethyl adjacent to an activating group) is 1. The number of aromatic nitrogens is 3. The minimum Gasteiger partial charge on any atom is -0.390 e. The Bertz CT molecular complexity index is 475. The Labute approximate surface area is 117 Å². The fourth-order valence-electron chi connectivity index (χ4n) is 2.51. The molecule has 1 aromatic heterocycles. The number of aliphatic hydroxyl groups excluding tert-OH is 1. The second kappa shape index (κ2) is 5.86. The number of nitrogens with zero attached hydrogens (tertiary/aromatic N) is 5. The van der Waals surface area contributed by atoms with Crippen LogP contribution < -0.4 is 0 Å². The maximum Gasteiger partial charge on any atom is 0.244 e. The Morgan fingerprint density at radius 1 is 1.55 bits per heavy atom. The summed E-state index contributed by atoms with van der Waals surface area (Å²) in [5.41, 5.74) is -0.402. The lowest BCUT2D eigenvalue weighted by atomic mass is 10.0. The third-order valence-electron chi connectivity index (χ3n) is 3.34. The number of hydrogen-bond donors (Lipinski definition) is 2. The molecular formula is C12H21N5O3. The van der Waals surface area contributed by atoms with E-state index in [1.54, 1.807) is 11.1 Å². The molecule has 0 spiro atoms. The second-order valence-corrected chi connectivity index (χ2v) is 5.59. The Morgan fingerprint density at radius 3 is 2.90 bits per heavy atom. The first-order valence-corrected chi connectivity index (χ1v) is 6.57. The number of rotatable bonds is 5. The molecule has 0 saturated carbocycles. The first-order valence-electron chi connectivity index (χ1n) is 6.57. The van der Waals surface area contributed by atoms with Gasteiger partial charge < -0.3 is 20.0 Å². The van der Waals surface area contributed by atoms with Gasteiger partial charge in [-0.3, -0.25) is 4.79 Å². The normalized spacial score (nSPS) is 22.8. The second-order valence-electron chi connectivity index (χ2n) is 5.59. The van der Waals surface area contributed by atoms with E-state index >= 15 is 0 Å². The Morgan fingerprint density at radius 2 is 2.30 bits per heavy atom. The summed E-state index contributed by atoms with van der Waals surface area (Å²) >= 11 is 0. The van der Waals surface area contributed by atoms with Gasteiger partial charge >= 0.3 is 0 Å².